The summed E-state index contributed by atoms with van der Waals surface area (Å²) < 4.78 is 0. The summed E-state index contributed by atoms with van der Waals surface area (Å²) in [6.07, 6.45) is 7.37. The third-order valence-corrected chi connectivity index (χ3v) is 2.22. The van der Waals surface area contributed by atoms with E-state index < -0.39 is 0 Å². The fraction of sp³-hybridized carbons (Fsp3) is 0.600. The fourth-order valence-corrected chi connectivity index (χ4v) is 1.48. The second kappa shape index (κ2) is 4.66. The van der Waals surface area contributed by atoms with Crippen LogP contribution in [-0.2, 0) is 4.79 Å². The van der Waals surface area contributed by atoms with E-state index in [9.17, 15) is 9.59 Å². The number of hydrogen-bond acceptors (Lipinski definition) is 2. The highest BCUT2D eigenvalue weighted by atomic mass is 16.2. The number of imide groups is 1. The van der Waals surface area contributed by atoms with Gasteiger partial charge >= 0.3 is 6.03 Å². The summed E-state index contributed by atoms with van der Waals surface area (Å²) in [5.41, 5.74) is 0. The van der Waals surface area contributed by atoms with Gasteiger partial charge in [0.05, 0.1) is 6.04 Å². The van der Waals surface area contributed by atoms with Gasteiger partial charge in [0.2, 0.25) is 5.91 Å². The van der Waals surface area contributed by atoms with E-state index in [2.05, 4.69) is 11.2 Å². The Kier molecular flexibility index (Phi) is 3.52. The molecule has 1 aliphatic rings. The van der Waals surface area contributed by atoms with Crippen molar-refractivity contribution in [2.24, 2.45) is 0 Å². The van der Waals surface area contributed by atoms with Crippen LogP contribution < -0.4 is 5.32 Å². The van der Waals surface area contributed by atoms with Gasteiger partial charge in [-0.15, -0.1) is 6.42 Å². The third-order valence-electron chi connectivity index (χ3n) is 2.22. The zero-order valence-electron chi connectivity index (χ0n) is 8.25. The molecule has 1 heterocycles. The molecule has 4 nitrogen and oxygen atoms in total. The van der Waals surface area contributed by atoms with Crippen LogP contribution in [0.15, 0.2) is 0 Å². The van der Waals surface area contributed by atoms with Crippen molar-refractivity contribution in [2.75, 3.05) is 6.54 Å². The summed E-state index contributed by atoms with van der Waals surface area (Å²) in [5, 5.41) is 2.26. The number of nitrogens with one attached hydrogen (secondary N) is 1. The van der Waals surface area contributed by atoms with Crippen molar-refractivity contribution in [3.63, 3.8) is 0 Å². The summed E-state index contributed by atoms with van der Waals surface area (Å²) in [4.78, 5) is 23.8. The molecule has 0 aliphatic carbocycles. The molecule has 0 aromatic heterocycles. The smallest absolute Gasteiger partial charge is 0.310 e. The van der Waals surface area contributed by atoms with E-state index in [1.165, 1.54) is 0 Å². The van der Waals surface area contributed by atoms with Gasteiger partial charge in [0, 0.05) is 13.0 Å². The maximum Gasteiger partial charge on any atom is 0.325 e. The zero-order valence-corrected chi connectivity index (χ0v) is 8.25. The molecule has 76 valence electrons. The SMILES string of the molecule is C#CC(CCC)N1CCC(=O)NC1=O. The van der Waals surface area contributed by atoms with E-state index >= 15 is 0 Å². The number of rotatable bonds is 3. The third kappa shape index (κ3) is 2.25. The molecule has 1 atom stereocenters. The lowest BCUT2D eigenvalue weighted by atomic mass is 10.1. The van der Waals surface area contributed by atoms with Crippen LogP contribution in [0.1, 0.15) is 26.2 Å². The zero-order chi connectivity index (χ0) is 10.6. The van der Waals surface area contributed by atoms with Crippen LogP contribution in [0.2, 0.25) is 0 Å². The maximum atomic E-state index is 11.4. The van der Waals surface area contributed by atoms with Crippen LogP contribution in [-0.4, -0.2) is 29.4 Å². The summed E-state index contributed by atoms with van der Waals surface area (Å²) in [5.74, 6) is 2.35. The molecule has 0 bridgehead atoms. The molecular weight excluding hydrogens is 180 g/mol. The molecule has 1 unspecified atom stereocenters. The summed E-state index contributed by atoms with van der Waals surface area (Å²) in [7, 11) is 0. The Morgan fingerprint density at radius 3 is 2.86 bits per heavy atom. The van der Waals surface area contributed by atoms with Crippen LogP contribution in [0.4, 0.5) is 4.79 Å². The van der Waals surface area contributed by atoms with Crippen molar-refractivity contribution in [1.29, 1.82) is 0 Å². The number of amides is 3. The van der Waals surface area contributed by atoms with Gasteiger partial charge in [-0.05, 0) is 6.42 Å². The second-order valence-electron chi connectivity index (χ2n) is 3.27. The summed E-state index contributed by atoms with van der Waals surface area (Å²) >= 11 is 0. The van der Waals surface area contributed by atoms with Crippen LogP contribution in [0.3, 0.4) is 0 Å². The molecule has 1 saturated heterocycles. The van der Waals surface area contributed by atoms with Gasteiger partial charge < -0.3 is 4.90 Å². The number of nitrogens with zero attached hydrogens (tertiary/aromatic N) is 1. The van der Waals surface area contributed by atoms with Crippen LogP contribution in [0.5, 0.6) is 0 Å². The highest BCUT2D eigenvalue weighted by molar-refractivity contribution is 5.96. The molecular formula is C10H14N2O2. The Morgan fingerprint density at radius 1 is 1.64 bits per heavy atom. The molecule has 1 rings (SSSR count). The monoisotopic (exact) mass is 194 g/mol. The summed E-state index contributed by atoms with van der Waals surface area (Å²) in [6, 6.07) is -0.550. The fourth-order valence-electron chi connectivity index (χ4n) is 1.48. The Morgan fingerprint density at radius 2 is 2.36 bits per heavy atom. The normalized spacial score (nSPS) is 18.7. The molecule has 1 aliphatic heterocycles. The Labute approximate surface area is 83.6 Å². The lowest BCUT2D eigenvalue weighted by Crippen LogP contribution is -2.53. The standard InChI is InChI=1S/C10H14N2O2/c1-3-5-8(4-2)12-7-6-9(13)11-10(12)14/h2,8H,3,5-7H2,1H3,(H,11,13,14). The van der Waals surface area contributed by atoms with Crippen molar-refractivity contribution in [3.8, 4) is 12.3 Å². The van der Waals surface area contributed by atoms with E-state index in [0.717, 1.165) is 12.8 Å². The quantitative estimate of drug-likeness (QED) is 0.673. The molecule has 3 amide bonds. The lowest BCUT2D eigenvalue weighted by Gasteiger charge is -2.31. The molecule has 0 spiro atoms. The van der Waals surface area contributed by atoms with E-state index in [4.69, 9.17) is 6.42 Å². The van der Waals surface area contributed by atoms with Crippen LogP contribution in [0.25, 0.3) is 0 Å². The number of terminal acetylenes is 1. The van der Waals surface area contributed by atoms with Crippen LogP contribution in [0, 0.1) is 12.3 Å². The molecule has 1 N–H and O–H groups in total. The second-order valence-corrected chi connectivity index (χ2v) is 3.27. The van der Waals surface area contributed by atoms with Gasteiger partial charge in [0.15, 0.2) is 0 Å². The van der Waals surface area contributed by atoms with Gasteiger partial charge in [0.1, 0.15) is 0 Å². The topological polar surface area (TPSA) is 49.4 Å². The molecule has 0 aromatic carbocycles. The molecule has 0 saturated carbocycles. The molecule has 0 radical (unpaired) electrons. The van der Waals surface area contributed by atoms with Crippen molar-refractivity contribution in [2.45, 2.75) is 32.2 Å². The molecule has 1 fully saturated rings. The van der Waals surface area contributed by atoms with E-state index in [-0.39, 0.29) is 18.0 Å². The first-order chi connectivity index (χ1) is 6.69. The maximum absolute atomic E-state index is 11.4. The number of urea groups is 1. The largest absolute Gasteiger partial charge is 0.325 e. The van der Waals surface area contributed by atoms with Crippen LogP contribution >= 0.6 is 0 Å². The Hall–Kier alpha value is -1.50. The van der Waals surface area contributed by atoms with E-state index in [1.54, 1.807) is 4.90 Å². The minimum atomic E-state index is -0.363. The van der Waals surface area contributed by atoms with Gasteiger partial charge in [-0.3, -0.25) is 10.1 Å². The molecule has 0 aromatic rings. The highest BCUT2D eigenvalue weighted by Gasteiger charge is 2.27. The molecule has 14 heavy (non-hydrogen) atoms. The predicted octanol–water partition coefficient (Wildman–Crippen LogP) is 0.730. The van der Waals surface area contributed by atoms with Crippen molar-refractivity contribution in [3.05, 3.63) is 0 Å². The van der Waals surface area contributed by atoms with E-state index in [1.807, 2.05) is 6.92 Å². The number of carbonyl (C=O) groups excluding carboxylic acids is 2. The number of hydrogen-bond donors (Lipinski definition) is 1. The minimum absolute atomic E-state index is 0.187. The average molecular weight is 194 g/mol. The van der Waals surface area contributed by atoms with Crippen molar-refractivity contribution < 1.29 is 9.59 Å². The van der Waals surface area contributed by atoms with Gasteiger partial charge in [-0.25, -0.2) is 4.79 Å². The highest BCUT2D eigenvalue weighted by Crippen LogP contribution is 2.10. The average Bonchev–Trinajstić information content (AvgIpc) is 2.15. The Balaban J connectivity index is 2.63. The first-order valence-corrected chi connectivity index (χ1v) is 4.75. The lowest BCUT2D eigenvalue weighted by molar-refractivity contribution is -0.121. The minimum Gasteiger partial charge on any atom is -0.310 e. The van der Waals surface area contributed by atoms with Gasteiger partial charge in [-0.2, -0.15) is 0 Å². The number of carbonyl (C=O) groups is 2. The Bertz CT molecular complexity index is 280. The first-order valence-electron chi connectivity index (χ1n) is 4.75. The van der Waals surface area contributed by atoms with Gasteiger partial charge in [-0.1, -0.05) is 19.3 Å². The predicted molar refractivity (Wildman–Crippen MR) is 52.4 cm³/mol. The summed E-state index contributed by atoms with van der Waals surface area (Å²) in [6.45, 7) is 2.44. The van der Waals surface area contributed by atoms with Crippen molar-refractivity contribution >= 4 is 11.9 Å². The van der Waals surface area contributed by atoms with Crippen molar-refractivity contribution in [1.82, 2.24) is 10.2 Å². The molecule has 4 heteroatoms. The first kappa shape index (κ1) is 10.6. The van der Waals surface area contributed by atoms with E-state index in [0.29, 0.717) is 13.0 Å². The van der Waals surface area contributed by atoms with Gasteiger partial charge in [0.25, 0.3) is 0 Å².